The van der Waals surface area contributed by atoms with Crippen molar-refractivity contribution < 1.29 is 22.7 Å². The highest BCUT2D eigenvalue weighted by Gasteiger charge is 2.30. The van der Waals surface area contributed by atoms with Gasteiger partial charge in [-0.1, -0.05) is 0 Å². The number of anilines is 2. The molecule has 3 aliphatic heterocycles. The van der Waals surface area contributed by atoms with Crippen molar-refractivity contribution in [1.82, 2.24) is 9.62 Å². The molecular weight excluding hydrogens is 408 g/mol. The van der Waals surface area contributed by atoms with E-state index in [-0.39, 0.29) is 16.7 Å². The Morgan fingerprint density at radius 3 is 2.50 bits per heavy atom. The summed E-state index contributed by atoms with van der Waals surface area (Å²) in [5.41, 5.74) is 1.28. The van der Waals surface area contributed by atoms with Gasteiger partial charge in [-0.05, 0) is 43.9 Å². The summed E-state index contributed by atoms with van der Waals surface area (Å²) in [6, 6.07) is 4.35. The number of hydrogen-bond donors (Lipinski definition) is 2. The van der Waals surface area contributed by atoms with Crippen LogP contribution < -0.4 is 15.5 Å². The van der Waals surface area contributed by atoms with Crippen molar-refractivity contribution in [2.45, 2.75) is 43.0 Å². The first kappa shape index (κ1) is 21.1. The second kappa shape index (κ2) is 8.91. The van der Waals surface area contributed by atoms with E-state index in [1.165, 1.54) is 4.31 Å². The number of rotatable bonds is 5. The van der Waals surface area contributed by atoms with Gasteiger partial charge in [-0.2, -0.15) is 4.31 Å². The minimum atomic E-state index is -3.68. The summed E-state index contributed by atoms with van der Waals surface area (Å²) < 4.78 is 32.9. The molecule has 3 aliphatic rings. The van der Waals surface area contributed by atoms with Crippen LogP contribution in [0.15, 0.2) is 23.1 Å². The molecule has 9 nitrogen and oxygen atoms in total. The number of benzene rings is 1. The topological polar surface area (TPSA) is 108 Å². The van der Waals surface area contributed by atoms with E-state index in [1.807, 2.05) is 0 Å². The molecule has 1 aromatic rings. The number of morpholine rings is 1. The number of nitrogens with zero attached hydrogens (tertiary/aromatic N) is 2. The summed E-state index contributed by atoms with van der Waals surface area (Å²) in [5.74, 6) is -0.463. The molecule has 2 N–H and O–H groups in total. The molecule has 0 bridgehead atoms. The molecule has 3 fully saturated rings. The van der Waals surface area contributed by atoms with Gasteiger partial charge in [0, 0.05) is 32.6 Å². The second-order valence-electron chi connectivity index (χ2n) is 7.89. The molecule has 3 heterocycles. The summed E-state index contributed by atoms with van der Waals surface area (Å²) in [6.07, 6.45) is 4.04. The predicted octanol–water partition coefficient (Wildman–Crippen LogP) is 0.915. The van der Waals surface area contributed by atoms with Crippen LogP contribution in [0.1, 0.15) is 32.1 Å². The fourth-order valence-corrected chi connectivity index (χ4v) is 5.59. The molecular formula is C20H28N4O5S. The van der Waals surface area contributed by atoms with Gasteiger partial charge in [0.25, 0.3) is 0 Å². The van der Waals surface area contributed by atoms with E-state index in [0.717, 1.165) is 38.0 Å². The summed E-state index contributed by atoms with van der Waals surface area (Å²) in [5, 5.41) is 5.55. The van der Waals surface area contributed by atoms with E-state index in [0.29, 0.717) is 44.8 Å². The van der Waals surface area contributed by atoms with E-state index in [9.17, 15) is 18.0 Å². The molecule has 3 saturated heterocycles. The molecule has 0 saturated carbocycles. The smallest absolute Gasteiger partial charge is 0.247 e. The quantitative estimate of drug-likeness (QED) is 0.711. The van der Waals surface area contributed by atoms with Gasteiger partial charge < -0.3 is 20.3 Å². The first-order chi connectivity index (χ1) is 14.4. The lowest BCUT2D eigenvalue weighted by Gasteiger charge is -2.31. The molecule has 1 atom stereocenters. The van der Waals surface area contributed by atoms with Crippen LogP contribution in [-0.2, 0) is 24.3 Å². The fourth-order valence-electron chi connectivity index (χ4n) is 4.15. The van der Waals surface area contributed by atoms with E-state index >= 15 is 0 Å². The maximum atomic E-state index is 13.1. The lowest BCUT2D eigenvalue weighted by molar-refractivity contribution is -0.122. The summed E-state index contributed by atoms with van der Waals surface area (Å²) in [6.45, 7) is 3.08. The van der Waals surface area contributed by atoms with Crippen LogP contribution in [0, 0.1) is 0 Å². The van der Waals surface area contributed by atoms with Crippen molar-refractivity contribution in [3.8, 4) is 0 Å². The van der Waals surface area contributed by atoms with Crippen LogP contribution >= 0.6 is 0 Å². The SMILES string of the molecule is O=C1CCC(C(=O)Nc2cc(S(=O)(=O)N3CCOCC3)ccc2N2CCCCC2)N1. The minimum absolute atomic E-state index is 0.143. The fraction of sp³-hybridized carbons (Fsp3) is 0.600. The molecule has 30 heavy (non-hydrogen) atoms. The number of sulfonamides is 1. The van der Waals surface area contributed by atoms with Gasteiger partial charge in [-0.15, -0.1) is 0 Å². The van der Waals surface area contributed by atoms with Crippen LogP contribution in [0.2, 0.25) is 0 Å². The summed E-state index contributed by atoms with van der Waals surface area (Å²) in [7, 11) is -3.68. The molecule has 0 spiro atoms. The average Bonchev–Trinajstić information content (AvgIpc) is 3.21. The van der Waals surface area contributed by atoms with E-state index in [2.05, 4.69) is 15.5 Å². The number of hydrogen-bond acceptors (Lipinski definition) is 6. The minimum Gasteiger partial charge on any atom is -0.379 e. The van der Waals surface area contributed by atoms with Crippen molar-refractivity contribution in [3.63, 3.8) is 0 Å². The lowest BCUT2D eigenvalue weighted by atomic mass is 10.1. The highest BCUT2D eigenvalue weighted by Crippen LogP contribution is 2.32. The van der Waals surface area contributed by atoms with Crippen LogP contribution in [0.3, 0.4) is 0 Å². The Morgan fingerprint density at radius 1 is 1.10 bits per heavy atom. The Bertz CT molecular complexity index is 908. The Hall–Kier alpha value is -2.17. The highest BCUT2D eigenvalue weighted by atomic mass is 32.2. The van der Waals surface area contributed by atoms with Gasteiger partial charge >= 0.3 is 0 Å². The number of ether oxygens (including phenoxy) is 1. The van der Waals surface area contributed by atoms with Crippen LogP contribution in [0.5, 0.6) is 0 Å². The summed E-state index contributed by atoms with van der Waals surface area (Å²) in [4.78, 5) is 26.6. The number of piperidine rings is 1. The van der Waals surface area contributed by atoms with Crippen LogP contribution in [0.25, 0.3) is 0 Å². The molecule has 164 valence electrons. The Morgan fingerprint density at radius 2 is 1.83 bits per heavy atom. The standard InChI is InChI=1S/C20H28N4O5S/c25-19-7-5-16(21-19)20(26)22-17-14-15(30(27,28)24-10-12-29-13-11-24)4-6-18(17)23-8-2-1-3-9-23/h4,6,14,16H,1-3,5,7-13H2,(H,21,25)(H,22,26). The first-order valence-corrected chi connectivity index (χ1v) is 12.0. The number of carbonyl (C=O) groups is 2. The molecule has 0 aromatic heterocycles. The molecule has 2 amide bonds. The average molecular weight is 437 g/mol. The molecule has 1 aromatic carbocycles. The van der Waals surface area contributed by atoms with Gasteiger partial charge in [0.05, 0.1) is 29.5 Å². The lowest BCUT2D eigenvalue weighted by Crippen LogP contribution is -2.41. The molecule has 10 heteroatoms. The molecule has 1 unspecified atom stereocenters. The van der Waals surface area contributed by atoms with Gasteiger partial charge in [0.15, 0.2) is 0 Å². The Kier molecular flexibility index (Phi) is 6.26. The van der Waals surface area contributed by atoms with Crippen LogP contribution in [0.4, 0.5) is 11.4 Å². The third-order valence-corrected chi connectivity index (χ3v) is 7.74. The molecule has 0 radical (unpaired) electrons. The zero-order valence-corrected chi connectivity index (χ0v) is 17.7. The van der Waals surface area contributed by atoms with E-state index in [4.69, 9.17) is 4.74 Å². The Balaban J connectivity index is 1.63. The van der Waals surface area contributed by atoms with Gasteiger partial charge in [-0.3, -0.25) is 9.59 Å². The maximum absolute atomic E-state index is 13.1. The zero-order chi connectivity index (χ0) is 21.1. The van der Waals surface area contributed by atoms with Crippen molar-refractivity contribution >= 4 is 33.2 Å². The second-order valence-corrected chi connectivity index (χ2v) is 9.83. The number of carbonyl (C=O) groups excluding carboxylic acids is 2. The highest BCUT2D eigenvalue weighted by molar-refractivity contribution is 7.89. The first-order valence-electron chi connectivity index (χ1n) is 10.5. The molecule has 0 aliphatic carbocycles. The Labute approximate surface area is 176 Å². The third kappa shape index (κ3) is 4.45. The summed E-state index contributed by atoms with van der Waals surface area (Å²) >= 11 is 0. The van der Waals surface area contributed by atoms with Crippen molar-refractivity contribution in [3.05, 3.63) is 18.2 Å². The number of amides is 2. The van der Waals surface area contributed by atoms with Gasteiger partial charge in [-0.25, -0.2) is 8.42 Å². The van der Waals surface area contributed by atoms with Gasteiger partial charge in [0.1, 0.15) is 6.04 Å². The van der Waals surface area contributed by atoms with E-state index in [1.54, 1.807) is 18.2 Å². The maximum Gasteiger partial charge on any atom is 0.247 e. The van der Waals surface area contributed by atoms with Crippen molar-refractivity contribution in [2.75, 3.05) is 49.6 Å². The molecule has 4 rings (SSSR count). The predicted molar refractivity (Wildman–Crippen MR) is 112 cm³/mol. The largest absolute Gasteiger partial charge is 0.379 e. The van der Waals surface area contributed by atoms with E-state index < -0.39 is 16.1 Å². The monoisotopic (exact) mass is 436 g/mol. The zero-order valence-electron chi connectivity index (χ0n) is 16.9. The third-order valence-electron chi connectivity index (χ3n) is 5.84. The van der Waals surface area contributed by atoms with Gasteiger partial charge in [0.2, 0.25) is 21.8 Å². The van der Waals surface area contributed by atoms with Crippen LogP contribution in [-0.4, -0.2) is 70.0 Å². The van der Waals surface area contributed by atoms with Crippen molar-refractivity contribution in [1.29, 1.82) is 0 Å². The number of nitrogens with one attached hydrogen (secondary N) is 2. The normalized spacial score (nSPS) is 23.3. The van der Waals surface area contributed by atoms with Crippen molar-refractivity contribution in [2.24, 2.45) is 0 Å².